The molecule has 0 amide bonds. The van der Waals surface area contributed by atoms with Crippen molar-refractivity contribution in [2.45, 2.75) is 0 Å². The van der Waals surface area contributed by atoms with Gasteiger partial charge in [-0.25, -0.2) is 0 Å². The molecule has 2 aromatic rings. The number of nitro groups is 1. The molecule has 0 aliphatic carbocycles. The molecule has 12 heteroatoms. The first-order chi connectivity index (χ1) is 10.5. The first kappa shape index (κ1) is 15.1. The number of nitrogens with one attached hydrogen (secondary N) is 2. The molecule has 11 nitrogen and oxygen atoms in total. The van der Waals surface area contributed by atoms with Crippen LogP contribution in [0.15, 0.2) is 24.4 Å². The Morgan fingerprint density at radius 3 is 2.82 bits per heavy atom. The molecular formula is C10H8BN7O4. The Balaban J connectivity index is 2.33. The summed E-state index contributed by atoms with van der Waals surface area (Å²) in [5, 5.41) is 53.5. The van der Waals surface area contributed by atoms with E-state index >= 15 is 0 Å². The van der Waals surface area contributed by atoms with Gasteiger partial charge in [0.2, 0.25) is 5.82 Å². The number of H-pyrrole nitrogens is 1. The number of nitrogens with zero attached hydrogens (tertiary/aromatic N) is 5. The molecule has 1 aromatic heterocycles. The zero-order valence-electron chi connectivity index (χ0n) is 10.8. The number of hydrogen-bond donors (Lipinski definition) is 4. The van der Waals surface area contributed by atoms with Crippen LogP contribution in [0.3, 0.4) is 0 Å². The summed E-state index contributed by atoms with van der Waals surface area (Å²) < 4.78 is 0. The van der Waals surface area contributed by atoms with Crippen molar-refractivity contribution in [3.05, 3.63) is 40.3 Å². The summed E-state index contributed by atoms with van der Waals surface area (Å²) in [6.45, 7) is 0. The Hall–Kier alpha value is -3.30. The highest BCUT2D eigenvalue weighted by atomic mass is 16.6. The lowest BCUT2D eigenvalue weighted by atomic mass is 9.80. The standard InChI is InChI=1S/C10H8BN7O4/c12-4-6(10-14-16-17-15-10)5-13-8-1-7(11(19)20)2-9(3-8)18(21)22/h1-3,5,13,19-20H,(H,14,15,16,17). The van der Waals surface area contributed by atoms with Crippen molar-refractivity contribution in [3.63, 3.8) is 0 Å². The van der Waals surface area contributed by atoms with Gasteiger partial charge in [0.05, 0.1) is 4.92 Å². The average molecular weight is 301 g/mol. The number of rotatable bonds is 5. The second kappa shape index (κ2) is 6.44. The van der Waals surface area contributed by atoms with Gasteiger partial charge >= 0.3 is 7.12 Å². The normalized spacial score (nSPS) is 10.9. The molecule has 0 aliphatic heterocycles. The van der Waals surface area contributed by atoms with E-state index in [0.29, 0.717) is 0 Å². The third-order valence-electron chi connectivity index (χ3n) is 2.54. The lowest BCUT2D eigenvalue weighted by molar-refractivity contribution is -0.384. The Morgan fingerprint density at radius 1 is 1.50 bits per heavy atom. The Kier molecular flexibility index (Phi) is 4.42. The molecule has 1 aromatic carbocycles. The second-order valence-electron chi connectivity index (χ2n) is 3.99. The molecule has 1 heterocycles. The van der Waals surface area contributed by atoms with Crippen LogP contribution in [0.4, 0.5) is 11.4 Å². The number of benzene rings is 1. The zero-order valence-corrected chi connectivity index (χ0v) is 10.8. The van der Waals surface area contributed by atoms with Crippen molar-refractivity contribution in [2.75, 3.05) is 5.32 Å². The van der Waals surface area contributed by atoms with Crippen LogP contribution in [0.2, 0.25) is 0 Å². The minimum Gasteiger partial charge on any atom is -0.423 e. The van der Waals surface area contributed by atoms with Crippen LogP contribution in [-0.2, 0) is 0 Å². The third-order valence-corrected chi connectivity index (χ3v) is 2.54. The van der Waals surface area contributed by atoms with E-state index in [2.05, 4.69) is 25.9 Å². The zero-order chi connectivity index (χ0) is 16.1. The first-order valence-corrected chi connectivity index (χ1v) is 5.77. The highest BCUT2D eigenvalue weighted by Gasteiger charge is 2.17. The Labute approximate surface area is 123 Å². The van der Waals surface area contributed by atoms with E-state index in [1.807, 2.05) is 6.07 Å². The SMILES string of the molecule is N#CC(=CNc1cc(B(O)O)cc([N+](=O)[O-])c1)c1nn[nH]n1. The van der Waals surface area contributed by atoms with E-state index in [1.165, 1.54) is 18.3 Å². The minimum absolute atomic E-state index is 0.0337. The highest BCUT2D eigenvalue weighted by Crippen LogP contribution is 2.17. The number of non-ortho nitro benzene ring substituents is 1. The quantitative estimate of drug-likeness (QED) is 0.228. The number of nitro benzene ring substituents is 1. The number of aromatic nitrogens is 4. The maximum Gasteiger partial charge on any atom is 0.488 e. The monoisotopic (exact) mass is 301 g/mol. The van der Waals surface area contributed by atoms with Crippen molar-refractivity contribution in [2.24, 2.45) is 0 Å². The first-order valence-electron chi connectivity index (χ1n) is 5.77. The van der Waals surface area contributed by atoms with E-state index in [1.54, 1.807) is 0 Å². The Bertz CT molecular complexity index is 753. The van der Waals surface area contributed by atoms with Crippen LogP contribution in [0.1, 0.15) is 5.82 Å². The minimum atomic E-state index is -1.86. The summed E-state index contributed by atoms with van der Waals surface area (Å²) >= 11 is 0. The van der Waals surface area contributed by atoms with Crippen LogP contribution in [0, 0.1) is 21.4 Å². The molecule has 0 fully saturated rings. The number of aromatic amines is 1. The van der Waals surface area contributed by atoms with Gasteiger partial charge in [0.1, 0.15) is 11.6 Å². The van der Waals surface area contributed by atoms with Gasteiger partial charge in [0.15, 0.2) is 0 Å². The number of allylic oxidation sites excluding steroid dienone is 1. The van der Waals surface area contributed by atoms with E-state index in [9.17, 15) is 10.1 Å². The van der Waals surface area contributed by atoms with Crippen LogP contribution in [0.5, 0.6) is 0 Å². The predicted octanol–water partition coefficient (Wildman–Crippen LogP) is -1.24. The summed E-state index contributed by atoms with van der Waals surface area (Å²) in [6, 6.07) is 5.33. The fraction of sp³-hybridized carbons (Fsp3) is 0. The van der Waals surface area contributed by atoms with Gasteiger partial charge in [-0.3, -0.25) is 10.1 Å². The smallest absolute Gasteiger partial charge is 0.423 e. The van der Waals surface area contributed by atoms with Crippen molar-refractivity contribution >= 4 is 29.5 Å². The van der Waals surface area contributed by atoms with Crippen molar-refractivity contribution in [1.82, 2.24) is 20.6 Å². The van der Waals surface area contributed by atoms with Gasteiger partial charge in [-0.2, -0.15) is 10.5 Å². The predicted molar refractivity (Wildman–Crippen MR) is 74.3 cm³/mol. The highest BCUT2D eigenvalue weighted by molar-refractivity contribution is 6.58. The van der Waals surface area contributed by atoms with E-state index in [-0.39, 0.29) is 28.2 Å². The Morgan fingerprint density at radius 2 is 2.27 bits per heavy atom. The summed E-state index contributed by atoms with van der Waals surface area (Å²) in [4.78, 5) is 10.1. The van der Waals surface area contributed by atoms with Gasteiger partial charge in [-0.15, -0.1) is 10.2 Å². The van der Waals surface area contributed by atoms with Gasteiger partial charge in [-0.1, -0.05) is 0 Å². The van der Waals surface area contributed by atoms with Crippen molar-refractivity contribution < 1.29 is 15.0 Å². The average Bonchev–Trinajstić information content (AvgIpc) is 3.01. The molecule has 110 valence electrons. The summed E-state index contributed by atoms with van der Waals surface area (Å²) in [5.74, 6) is 0.0443. The number of hydrogen-bond acceptors (Lipinski definition) is 9. The lowest BCUT2D eigenvalue weighted by Gasteiger charge is -2.05. The van der Waals surface area contributed by atoms with Gasteiger partial charge < -0.3 is 15.4 Å². The van der Waals surface area contributed by atoms with Crippen molar-refractivity contribution in [1.29, 1.82) is 5.26 Å². The van der Waals surface area contributed by atoms with Crippen LogP contribution in [0.25, 0.3) is 5.57 Å². The molecular weight excluding hydrogens is 293 g/mol. The number of nitriles is 1. The molecule has 0 aliphatic rings. The van der Waals surface area contributed by atoms with Crippen molar-refractivity contribution in [3.8, 4) is 6.07 Å². The lowest BCUT2D eigenvalue weighted by Crippen LogP contribution is -2.30. The molecule has 0 radical (unpaired) electrons. The third kappa shape index (κ3) is 3.42. The molecule has 0 bridgehead atoms. The molecule has 2 rings (SSSR count). The van der Waals surface area contributed by atoms with E-state index in [0.717, 1.165) is 6.07 Å². The molecule has 0 unspecified atom stereocenters. The summed E-state index contributed by atoms with van der Waals surface area (Å²) in [6.07, 6.45) is 1.22. The molecule has 0 saturated carbocycles. The maximum absolute atomic E-state index is 10.8. The molecule has 0 spiro atoms. The summed E-state index contributed by atoms with van der Waals surface area (Å²) in [7, 11) is -1.86. The molecule has 0 atom stereocenters. The summed E-state index contributed by atoms with van der Waals surface area (Å²) in [5.41, 5.74) is -0.178. The molecule has 4 N–H and O–H groups in total. The van der Waals surface area contributed by atoms with Crippen LogP contribution < -0.4 is 10.8 Å². The van der Waals surface area contributed by atoms with E-state index in [4.69, 9.17) is 15.3 Å². The van der Waals surface area contributed by atoms with Gasteiger partial charge in [-0.05, 0) is 16.7 Å². The maximum atomic E-state index is 10.8. The van der Waals surface area contributed by atoms with Crippen LogP contribution in [-0.4, -0.2) is 42.7 Å². The topological polar surface area (TPSA) is 174 Å². The number of anilines is 1. The van der Waals surface area contributed by atoms with E-state index < -0.39 is 12.0 Å². The fourth-order valence-corrected chi connectivity index (χ4v) is 1.55. The van der Waals surface area contributed by atoms with Gasteiger partial charge in [0, 0.05) is 24.0 Å². The van der Waals surface area contributed by atoms with Gasteiger partial charge in [0.25, 0.3) is 5.69 Å². The molecule has 22 heavy (non-hydrogen) atoms. The molecule has 0 saturated heterocycles. The fourth-order valence-electron chi connectivity index (χ4n) is 1.55. The largest absolute Gasteiger partial charge is 0.488 e. The second-order valence-corrected chi connectivity index (χ2v) is 3.99. The van der Waals surface area contributed by atoms with Crippen LogP contribution >= 0.6 is 0 Å². The number of tetrazole rings is 1.